The van der Waals surface area contributed by atoms with E-state index in [2.05, 4.69) is 36.0 Å². The number of anilines is 3. The molecule has 5 aromatic rings. The fourth-order valence-electron chi connectivity index (χ4n) is 4.88. The lowest BCUT2D eigenvalue weighted by atomic mass is 9.98. The van der Waals surface area contributed by atoms with Crippen molar-refractivity contribution in [3.05, 3.63) is 102 Å². The molecule has 0 saturated carbocycles. The first kappa shape index (κ1) is 35.5. The van der Waals surface area contributed by atoms with Crippen LogP contribution in [0.1, 0.15) is 17.5 Å². The summed E-state index contributed by atoms with van der Waals surface area (Å²) in [6.07, 6.45) is -15.5. The Balaban J connectivity index is 1.52. The third kappa shape index (κ3) is 9.64. The summed E-state index contributed by atoms with van der Waals surface area (Å²) in [7, 11) is 0. The highest BCUT2D eigenvalue weighted by atomic mass is 19.4. The standard InChI is InChI=1S/C32H24F9N7O2/c33-30(34,35)15-16-48(18-19-5-8-21(9-6-19)31(36,37)38)27-14-7-20(24-3-1-2-4-25(24)28-44-46-47-45-28)17-26(27)43-29(49)42-22-10-12-23(13-11-22)50-32(39,40)41/h1-14,17H,15-16,18H2,(H2,42,43,49)(H,44,45,46,47). The number of H-pyrrole nitrogens is 1. The number of nitrogens with one attached hydrogen (secondary N) is 3. The normalized spacial score (nSPS) is 12.0. The molecule has 0 bridgehead atoms. The first-order valence-electron chi connectivity index (χ1n) is 14.4. The zero-order valence-electron chi connectivity index (χ0n) is 25.3. The minimum atomic E-state index is -4.94. The predicted octanol–water partition coefficient (Wildman–Crippen LogP) is 9.05. The maximum Gasteiger partial charge on any atom is 0.573 e. The molecule has 1 aromatic heterocycles. The largest absolute Gasteiger partial charge is 0.573 e. The number of urea groups is 1. The predicted molar refractivity (Wildman–Crippen MR) is 164 cm³/mol. The van der Waals surface area contributed by atoms with Crippen molar-refractivity contribution >= 4 is 23.1 Å². The lowest BCUT2D eigenvalue weighted by Gasteiger charge is -2.28. The van der Waals surface area contributed by atoms with E-state index < -0.39 is 49.0 Å². The van der Waals surface area contributed by atoms with Crippen molar-refractivity contribution in [1.29, 1.82) is 0 Å². The second-order valence-corrected chi connectivity index (χ2v) is 10.7. The zero-order chi connectivity index (χ0) is 36.1. The van der Waals surface area contributed by atoms with Crippen molar-refractivity contribution in [2.24, 2.45) is 0 Å². The van der Waals surface area contributed by atoms with Crippen LogP contribution in [0, 0.1) is 0 Å². The highest BCUT2D eigenvalue weighted by Gasteiger charge is 2.32. The van der Waals surface area contributed by atoms with Crippen molar-refractivity contribution in [3.8, 4) is 28.3 Å². The van der Waals surface area contributed by atoms with Crippen LogP contribution in [0.25, 0.3) is 22.5 Å². The molecule has 0 spiro atoms. The Morgan fingerprint density at radius 2 is 1.48 bits per heavy atom. The van der Waals surface area contributed by atoms with Gasteiger partial charge in [-0.25, -0.2) is 9.89 Å². The van der Waals surface area contributed by atoms with E-state index in [0.717, 1.165) is 48.5 Å². The Kier molecular flexibility index (Phi) is 10.2. The van der Waals surface area contributed by atoms with Crippen LogP contribution in [0.15, 0.2) is 91.0 Å². The zero-order valence-corrected chi connectivity index (χ0v) is 25.3. The van der Waals surface area contributed by atoms with Gasteiger partial charge in [0.15, 0.2) is 5.82 Å². The summed E-state index contributed by atoms with van der Waals surface area (Å²) < 4.78 is 121. The van der Waals surface area contributed by atoms with Gasteiger partial charge in [0, 0.05) is 24.3 Å². The van der Waals surface area contributed by atoms with Gasteiger partial charge >= 0.3 is 24.7 Å². The van der Waals surface area contributed by atoms with Gasteiger partial charge in [0.2, 0.25) is 0 Å². The molecule has 0 fully saturated rings. The number of aromatic nitrogens is 4. The van der Waals surface area contributed by atoms with E-state index in [1.807, 2.05) is 0 Å². The molecule has 0 saturated heterocycles. The number of hydrogen-bond acceptors (Lipinski definition) is 6. The van der Waals surface area contributed by atoms with Gasteiger partial charge in [-0.1, -0.05) is 42.5 Å². The van der Waals surface area contributed by atoms with Crippen LogP contribution >= 0.6 is 0 Å². The van der Waals surface area contributed by atoms with Crippen molar-refractivity contribution in [3.63, 3.8) is 0 Å². The molecule has 0 atom stereocenters. The average molecular weight is 710 g/mol. The number of rotatable bonds is 10. The van der Waals surface area contributed by atoms with Crippen LogP contribution in [-0.2, 0) is 12.7 Å². The van der Waals surface area contributed by atoms with E-state index in [1.54, 1.807) is 30.3 Å². The number of carbonyl (C=O) groups excluding carboxylic acids is 1. The smallest absolute Gasteiger partial charge is 0.406 e. The third-order valence-corrected chi connectivity index (χ3v) is 7.09. The number of benzene rings is 4. The Morgan fingerprint density at radius 1 is 0.800 bits per heavy atom. The van der Waals surface area contributed by atoms with Crippen LogP contribution in [-0.4, -0.2) is 45.7 Å². The lowest BCUT2D eigenvalue weighted by molar-refractivity contribution is -0.274. The quantitative estimate of drug-likeness (QED) is 0.125. The molecule has 18 heteroatoms. The minimum Gasteiger partial charge on any atom is -0.406 e. The molecule has 1 heterocycles. The Labute approximate surface area is 277 Å². The monoisotopic (exact) mass is 709 g/mol. The molecule has 0 unspecified atom stereocenters. The molecule has 9 nitrogen and oxygen atoms in total. The van der Waals surface area contributed by atoms with E-state index in [0.29, 0.717) is 22.5 Å². The van der Waals surface area contributed by atoms with Gasteiger partial charge in [0.1, 0.15) is 5.75 Å². The molecule has 262 valence electrons. The van der Waals surface area contributed by atoms with E-state index in [-0.39, 0.29) is 29.2 Å². The fraction of sp³-hybridized carbons (Fsp3) is 0.188. The summed E-state index contributed by atoms with van der Waals surface area (Å²) in [6, 6.07) is 18.6. The average Bonchev–Trinajstić information content (AvgIpc) is 3.58. The molecular weight excluding hydrogens is 685 g/mol. The molecule has 50 heavy (non-hydrogen) atoms. The topological polar surface area (TPSA) is 108 Å². The van der Waals surface area contributed by atoms with Gasteiger partial charge < -0.3 is 20.3 Å². The SMILES string of the molecule is O=C(Nc1ccc(OC(F)(F)F)cc1)Nc1cc(-c2ccccc2-c2nnn[nH]2)ccc1N(CCC(F)(F)F)Cc1ccc(C(F)(F)F)cc1. The van der Waals surface area contributed by atoms with E-state index in [1.165, 1.54) is 17.0 Å². The van der Waals surface area contributed by atoms with Gasteiger partial charge in [-0.2, -0.15) is 26.3 Å². The molecular formula is C32H24F9N7O2. The number of ether oxygens (including phenoxy) is 1. The number of nitrogens with zero attached hydrogens (tertiary/aromatic N) is 4. The highest BCUT2D eigenvalue weighted by Crippen LogP contribution is 2.37. The second kappa shape index (κ2) is 14.4. The number of alkyl halides is 9. The number of tetrazole rings is 1. The maximum atomic E-state index is 13.5. The van der Waals surface area contributed by atoms with E-state index >= 15 is 0 Å². The maximum absolute atomic E-state index is 13.5. The number of carbonyl (C=O) groups is 1. The number of hydrogen-bond donors (Lipinski definition) is 3. The summed E-state index contributed by atoms with van der Waals surface area (Å²) in [6.45, 7) is -0.911. The molecule has 2 amide bonds. The molecule has 4 aromatic carbocycles. The van der Waals surface area contributed by atoms with E-state index in [9.17, 15) is 44.3 Å². The number of halogens is 9. The molecule has 0 radical (unpaired) electrons. The summed E-state index contributed by atoms with van der Waals surface area (Å²) >= 11 is 0. The second-order valence-electron chi connectivity index (χ2n) is 10.7. The van der Waals surface area contributed by atoms with Crippen LogP contribution < -0.4 is 20.3 Å². The van der Waals surface area contributed by atoms with Gasteiger partial charge in [-0.15, -0.1) is 18.3 Å². The van der Waals surface area contributed by atoms with Gasteiger partial charge in [0.25, 0.3) is 0 Å². The molecule has 0 aliphatic heterocycles. The summed E-state index contributed by atoms with van der Waals surface area (Å²) in [5.41, 5.74) is 1.02. The molecule has 0 aliphatic carbocycles. The Hall–Kier alpha value is -5.81. The third-order valence-electron chi connectivity index (χ3n) is 7.09. The van der Waals surface area contributed by atoms with Crippen LogP contribution in [0.5, 0.6) is 5.75 Å². The van der Waals surface area contributed by atoms with Crippen molar-refractivity contribution in [1.82, 2.24) is 20.6 Å². The molecule has 3 N–H and O–H groups in total. The van der Waals surface area contributed by atoms with Crippen LogP contribution in [0.3, 0.4) is 0 Å². The van der Waals surface area contributed by atoms with Crippen molar-refractivity contribution in [2.75, 3.05) is 22.1 Å². The highest BCUT2D eigenvalue weighted by molar-refractivity contribution is 6.02. The summed E-state index contributed by atoms with van der Waals surface area (Å²) in [5, 5.41) is 18.8. The van der Waals surface area contributed by atoms with Gasteiger partial charge in [0.05, 0.1) is 23.4 Å². The van der Waals surface area contributed by atoms with Gasteiger partial charge in [-0.3, -0.25) is 0 Å². The summed E-state index contributed by atoms with van der Waals surface area (Å²) in [4.78, 5) is 14.5. The minimum absolute atomic E-state index is 0.00314. The van der Waals surface area contributed by atoms with Crippen LogP contribution in [0.2, 0.25) is 0 Å². The lowest BCUT2D eigenvalue weighted by Crippen LogP contribution is -2.29. The van der Waals surface area contributed by atoms with Gasteiger partial charge in [-0.05, 0) is 75.6 Å². The fourth-order valence-corrected chi connectivity index (χ4v) is 4.88. The van der Waals surface area contributed by atoms with Crippen LogP contribution in [0.4, 0.5) is 61.4 Å². The summed E-state index contributed by atoms with van der Waals surface area (Å²) in [5.74, 6) is -0.244. The number of aromatic amines is 1. The Morgan fingerprint density at radius 3 is 2.08 bits per heavy atom. The number of amides is 2. The first-order valence-corrected chi connectivity index (χ1v) is 14.4. The molecule has 0 aliphatic rings. The van der Waals surface area contributed by atoms with Crippen molar-refractivity contribution < 1.29 is 49.0 Å². The first-order chi connectivity index (χ1) is 23.5. The Bertz CT molecular complexity index is 1890. The van der Waals surface area contributed by atoms with E-state index in [4.69, 9.17) is 0 Å². The van der Waals surface area contributed by atoms with Crippen molar-refractivity contribution in [2.45, 2.75) is 31.7 Å². The molecule has 5 rings (SSSR count).